The average Bonchev–Trinajstić information content (AvgIpc) is 2.58. The third kappa shape index (κ3) is 5.57. The lowest BCUT2D eigenvalue weighted by atomic mass is 10.1. The van der Waals surface area contributed by atoms with Gasteiger partial charge in [0.05, 0.1) is 5.92 Å². The summed E-state index contributed by atoms with van der Waals surface area (Å²) in [5.41, 5.74) is 2.32. The zero-order valence-corrected chi connectivity index (χ0v) is 13.7. The van der Waals surface area contributed by atoms with Crippen LogP contribution in [0.25, 0.3) is 0 Å². The van der Waals surface area contributed by atoms with Crippen LogP contribution in [0.15, 0.2) is 60.7 Å². The normalized spacial score (nSPS) is 11.9. The highest BCUT2D eigenvalue weighted by Gasteiger charge is 2.18. The Bertz CT molecular complexity index is 554. The van der Waals surface area contributed by atoms with Gasteiger partial charge in [-0.15, -0.1) is 0 Å². The maximum Gasteiger partial charge on any atom is 0.310 e. The van der Waals surface area contributed by atoms with Crippen molar-refractivity contribution in [3.63, 3.8) is 0 Å². The second-order valence-corrected chi connectivity index (χ2v) is 6.23. The molecule has 0 N–H and O–H groups in total. The van der Waals surface area contributed by atoms with Crippen molar-refractivity contribution in [3.8, 4) is 0 Å². The fourth-order valence-electron chi connectivity index (χ4n) is 2.09. The first-order valence-corrected chi connectivity index (χ1v) is 8.77. The van der Waals surface area contributed by atoms with Crippen molar-refractivity contribution in [1.29, 1.82) is 0 Å². The summed E-state index contributed by atoms with van der Waals surface area (Å²) in [4.78, 5) is 12.2. The van der Waals surface area contributed by atoms with Gasteiger partial charge < -0.3 is 4.74 Å². The van der Waals surface area contributed by atoms with E-state index < -0.39 is 0 Å². The van der Waals surface area contributed by atoms with Crippen LogP contribution in [0.3, 0.4) is 0 Å². The SMILES string of the molecule is CCC(CSCc1ccccc1)C(=O)OCc1ccccc1. The monoisotopic (exact) mass is 314 g/mol. The van der Waals surface area contributed by atoms with Crippen LogP contribution < -0.4 is 0 Å². The van der Waals surface area contributed by atoms with Gasteiger partial charge in [-0.1, -0.05) is 67.6 Å². The van der Waals surface area contributed by atoms with E-state index in [-0.39, 0.29) is 11.9 Å². The van der Waals surface area contributed by atoms with Crippen molar-refractivity contribution in [2.45, 2.75) is 25.7 Å². The van der Waals surface area contributed by atoms with E-state index in [9.17, 15) is 4.79 Å². The van der Waals surface area contributed by atoms with Gasteiger partial charge in [-0.05, 0) is 17.5 Å². The quantitative estimate of drug-likeness (QED) is 0.661. The lowest BCUT2D eigenvalue weighted by Gasteiger charge is -2.14. The Morgan fingerprint density at radius 2 is 1.59 bits per heavy atom. The molecular weight excluding hydrogens is 292 g/mol. The van der Waals surface area contributed by atoms with E-state index in [0.717, 1.165) is 23.5 Å². The van der Waals surface area contributed by atoms with Crippen molar-refractivity contribution in [3.05, 3.63) is 71.8 Å². The number of esters is 1. The van der Waals surface area contributed by atoms with Gasteiger partial charge in [-0.3, -0.25) is 4.79 Å². The number of thioether (sulfide) groups is 1. The average molecular weight is 314 g/mol. The summed E-state index contributed by atoms with van der Waals surface area (Å²) in [7, 11) is 0. The van der Waals surface area contributed by atoms with E-state index in [1.54, 1.807) is 11.8 Å². The molecule has 1 unspecified atom stereocenters. The van der Waals surface area contributed by atoms with E-state index in [0.29, 0.717) is 6.61 Å². The first-order valence-electron chi connectivity index (χ1n) is 7.62. The van der Waals surface area contributed by atoms with Gasteiger partial charge in [-0.25, -0.2) is 0 Å². The minimum atomic E-state index is -0.0908. The molecule has 0 saturated carbocycles. The molecule has 1 atom stereocenters. The highest BCUT2D eigenvalue weighted by molar-refractivity contribution is 7.98. The maximum atomic E-state index is 12.2. The molecule has 0 amide bonds. The Hall–Kier alpha value is -1.74. The Kier molecular flexibility index (Phi) is 7.04. The Morgan fingerprint density at radius 3 is 2.18 bits per heavy atom. The molecule has 2 rings (SSSR count). The number of carbonyl (C=O) groups is 1. The fourth-order valence-corrected chi connectivity index (χ4v) is 3.29. The third-order valence-corrected chi connectivity index (χ3v) is 4.66. The molecular formula is C19H22O2S. The van der Waals surface area contributed by atoms with Gasteiger partial charge in [0.2, 0.25) is 0 Å². The predicted molar refractivity (Wildman–Crippen MR) is 92.6 cm³/mol. The van der Waals surface area contributed by atoms with Gasteiger partial charge in [0, 0.05) is 11.5 Å². The molecule has 0 bridgehead atoms. The zero-order chi connectivity index (χ0) is 15.6. The maximum absolute atomic E-state index is 12.2. The molecule has 0 aliphatic rings. The summed E-state index contributed by atoms with van der Waals surface area (Å²) in [6.45, 7) is 2.40. The van der Waals surface area contributed by atoms with Crippen molar-refractivity contribution >= 4 is 17.7 Å². The molecule has 0 spiro atoms. The molecule has 2 aromatic rings. The van der Waals surface area contributed by atoms with Crippen molar-refractivity contribution in [2.24, 2.45) is 5.92 Å². The van der Waals surface area contributed by atoms with Crippen LogP contribution in [0.1, 0.15) is 24.5 Å². The topological polar surface area (TPSA) is 26.3 Å². The zero-order valence-electron chi connectivity index (χ0n) is 12.9. The van der Waals surface area contributed by atoms with Crippen LogP contribution in [-0.4, -0.2) is 11.7 Å². The molecule has 0 aliphatic heterocycles. The number of ether oxygens (including phenoxy) is 1. The molecule has 3 heteroatoms. The van der Waals surface area contributed by atoms with Crippen LogP contribution in [0.4, 0.5) is 0 Å². The van der Waals surface area contributed by atoms with Gasteiger partial charge in [0.25, 0.3) is 0 Å². The molecule has 2 nitrogen and oxygen atoms in total. The summed E-state index contributed by atoms with van der Waals surface area (Å²) < 4.78 is 5.43. The van der Waals surface area contributed by atoms with E-state index in [2.05, 4.69) is 12.1 Å². The van der Waals surface area contributed by atoms with E-state index in [4.69, 9.17) is 4.74 Å². The molecule has 2 aromatic carbocycles. The largest absolute Gasteiger partial charge is 0.461 e. The molecule has 0 heterocycles. The van der Waals surface area contributed by atoms with E-state index >= 15 is 0 Å². The number of hydrogen-bond acceptors (Lipinski definition) is 3. The van der Waals surface area contributed by atoms with Crippen molar-refractivity contribution in [2.75, 3.05) is 5.75 Å². The smallest absolute Gasteiger partial charge is 0.310 e. The molecule has 0 fully saturated rings. The second-order valence-electron chi connectivity index (χ2n) is 5.20. The first-order chi connectivity index (χ1) is 10.8. The second kappa shape index (κ2) is 9.31. The van der Waals surface area contributed by atoms with Gasteiger partial charge in [0.1, 0.15) is 6.61 Å². The summed E-state index contributed by atoms with van der Waals surface area (Å²) in [6, 6.07) is 20.1. The van der Waals surface area contributed by atoms with E-state index in [1.807, 2.05) is 55.5 Å². The standard InChI is InChI=1S/C19H22O2S/c1-2-18(15-22-14-17-11-7-4-8-12-17)19(20)21-13-16-9-5-3-6-10-16/h3-12,18H,2,13-15H2,1H3. The van der Waals surface area contributed by atoms with Crippen LogP contribution in [0.5, 0.6) is 0 Å². The summed E-state index contributed by atoms with van der Waals surface area (Å²) in [6.07, 6.45) is 0.815. The molecule has 22 heavy (non-hydrogen) atoms. The van der Waals surface area contributed by atoms with Crippen LogP contribution in [-0.2, 0) is 21.9 Å². The summed E-state index contributed by atoms with van der Waals surface area (Å²) in [5, 5.41) is 0. The highest BCUT2D eigenvalue weighted by atomic mass is 32.2. The Labute approximate surface area is 136 Å². The molecule has 0 aromatic heterocycles. The van der Waals surface area contributed by atoms with E-state index in [1.165, 1.54) is 5.56 Å². The number of hydrogen-bond donors (Lipinski definition) is 0. The molecule has 0 aliphatic carbocycles. The van der Waals surface area contributed by atoms with Gasteiger partial charge in [-0.2, -0.15) is 11.8 Å². The Balaban J connectivity index is 1.74. The number of carbonyl (C=O) groups excluding carboxylic acids is 1. The number of benzene rings is 2. The fraction of sp³-hybridized carbons (Fsp3) is 0.316. The summed E-state index contributed by atoms with van der Waals surface area (Å²) >= 11 is 1.79. The van der Waals surface area contributed by atoms with Gasteiger partial charge >= 0.3 is 5.97 Å². The Morgan fingerprint density at radius 1 is 1.00 bits per heavy atom. The van der Waals surface area contributed by atoms with Crippen molar-refractivity contribution in [1.82, 2.24) is 0 Å². The van der Waals surface area contributed by atoms with Crippen molar-refractivity contribution < 1.29 is 9.53 Å². The molecule has 116 valence electrons. The van der Waals surface area contributed by atoms with Crippen LogP contribution >= 0.6 is 11.8 Å². The lowest BCUT2D eigenvalue weighted by Crippen LogP contribution is -2.19. The summed E-state index contributed by atoms with van der Waals surface area (Å²) in [5.74, 6) is 1.62. The van der Waals surface area contributed by atoms with Crippen LogP contribution in [0, 0.1) is 5.92 Å². The van der Waals surface area contributed by atoms with Crippen LogP contribution in [0.2, 0.25) is 0 Å². The highest BCUT2D eigenvalue weighted by Crippen LogP contribution is 2.19. The molecule has 0 radical (unpaired) electrons. The first kappa shape index (κ1) is 16.6. The number of rotatable bonds is 8. The lowest BCUT2D eigenvalue weighted by molar-refractivity contribution is -0.149. The minimum Gasteiger partial charge on any atom is -0.461 e. The predicted octanol–water partition coefficient (Wildman–Crippen LogP) is 4.69. The van der Waals surface area contributed by atoms with Gasteiger partial charge in [0.15, 0.2) is 0 Å². The molecule has 0 saturated heterocycles. The minimum absolute atomic E-state index is 0.0302. The third-order valence-electron chi connectivity index (χ3n) is 3.48.